The van der Waals surface area contributed by atoms with E-state index in [0.717, 1.165) is 0 Å². The lowest BCUT2D eigenvalue weighted by Gasteiger charge is -2.19. The standard InChI is InChI=1S/C11H16F3O2/c1-3-5-10(11(12,13)14)7-4-6-9(2)16-8-15/h3,8-10H,1-2,4-7H2/t9-,10?/m1/s1. The monoisotopic (exact) mass is 237 g/mol. The summed E-state index contributed by atoms with van der Waals surface area (Å²) in [7, 11) is 0. The van der Waals surface area contributed by atoms with Crippen molar-refractivity contribution in [2.24, 2.45) is 5.92 Å². The van der Waals surface area contributed by atoms with Crippen LogP contribution in [0.4, 0.5) is 13.2 Å². The molecule has 0 aromatic carbocycles. The molecule has 16 heavy (non-hydrogen) atoms. The maximum atomic E-state index is 12.4. The molecule has 0 saturated heterocycles. The van der Waals surface area contributed by atoms with Gasteiger partial charge in [0.05, 0.1) is 5.92 Å². The molecule has 0 aliphatic rings. The van der Waals surface area contributed by atoms with Crippen LogP contribution in [0, 0.1) is 12.8 Å². The highest BCUT2D eigenvalue weighted by Crippen LogP contribution is 2.33. The minimum atomic E-state index is -4.20. The van der Waals surface area contributed by atoms with Crippen molar-refractivity contribution in [2.45, 2.75) is 38.0 Å². The Hall–Kier alpha value is -1.00. The molecule has 0 aliphatic heterocycles. The van der Waals surface area contributed by atoms with E-state index >= 15 is 0 Å². The highest BCUT2D eigenvalue weighted by molar-refractivity contribution is 5.37. The summed E-state index contributed by atoms with van der Waals surface area (Å²) in [6.07, 6.45) is -2.93. The number of carbonyl (C=O) groups is 1. The van der Waals surface area contributed by atoms with Gasteiger partial charge in [0.1, 0.15) is 6.10 Å². The van der Waals surface area contributed by atoms with Crippen molar-refractivity contribution in [3.05, 3.63) is 19.6 Å². The third-order valence-corrected chi connectivity index (χ3v) is 2.24. The number of hydrogen-bond acceptors (Lipinski definition) is 2. The summed E-state index contributed by atoms with van der Waals surface area (Å²) < 4.78 is 41.8. The summed E-state index contributed by atoms with van der Waals surface area (Å²) >= 11 is 0. The molecule has 0 amide bonds. The van der Waals surface area contributed by atoms with Gasteiger partial charge < -0.3 is 4.74 Å². The van der Waals surface area contributed by atoms with Crippen molar-refractivity contribution in [3.8, 4) is 0 Å². The Balaban J connectivity index is 3.93. The fraction of sp³-hybridized carbons (Fsp3) is 0.636. The first-order valence-electron chi connectivity index (χ1n) is 5.01. The largest absolute Gasteiger partial charge is 0.465 e. The average Bonchev–Trinajstić information content (AvgIpc) is 2.15. The summed E-state index contributed by atoms with van der Waals surface area (Å²) in [5, 5.41) is 0. The van der Waals surface area contributed by atoms with Crippen LogP contribution >= 0.6 is 0 Å². The van der Waals surface area contributed by atoms with Crippen molar-refractivity contribution in [3.63, 3.8) is 0 Å². The van der Waals surface area contributed by atoms with Crippen molar-refractivity contribution in [2.75, 3.05) is 0 Å². The van der Waals surface area contributed by atoms with E-state index < -0.39 is 18.2 Å². The van der Waals surface area contributed by atoms with Gasteiger partial charge in [-0.05, 0) is 32.6 Å². The average molecular weight is 237 g/mol. The van der Waals surface area contributed by atoms with Gasteiger partial charge in [0.15, 0.2) is 0 Å². The van der Waals surface area contributed by atoms with Gasteiger partial charge in [-0.1, -0.05) is 6.08 Å². The second-order valence-electron chi connectivity index (χ2n) is 3.55. The smallest absolute Gasteiger partial charge is 0.392 e. The summed E-state index contributed by atoms with van der Waals surface area (Å²) in [5.74, 6) is -1.37. The third kappa shape index (κ3) is 6.48. The maximum Gasteiger partial charge on any atom is 0.392 e. The molecular weight excluding hydrogens is 221 g/mol. The molecule has 5 heteroatoms. The number of rotatable bonds is 8. The SMILES string of the molecule is [CH2][C@H](CCCC(CC=C)C(F)(F)F)OC=O. The van der Waals surface area contributed by atoms with Crippen LogP contribution in [0.2, 0.25) is 0 Å². The quantitative estimate of drug-likeness (QED) is 0.478. The molecule has 0 aromatic heterocycles. The number of ether oxygens (including phenoxy) is 1. The number of alkyl halides is 3. The molecule has 0 fully saturated rings. The van der Waals surface area contributed by atoms with E-state index in [0.29, 0.717) is 12.8 Å². The van der Waals surface area contributed by atoms with E-state index in [9.17, 15) is 18.0 Å². The summed E-state index contributed by atoms with van der Waals surface area (Å²) in [5.41, 5.74) is 0. The van der Waals surface area contributed by atoms with Crippen LogP contribution < -0.4 is 0 Å². The molecule has 0 saturated carbocycles. The van der Waals surface area contributed by atoms with Gasteiger partial charge in [-0.3, -0.25) is 4.79 Å². The molecule has 1 unspecified atom stereocenters. The van der Waals surface area contributed by atoms with E-state index in [-0.39, 0.29) is 19.3 Å². The first-order chi connectivity index (χ1) is 7.41. The van der Waals surface area contributed by atoms with Crippen molar-refractivity contribution in [1.82, 2.24) is 0 Å². The molecule has 2 atom stereocenters. The molecular formula is C11H16F3O2. The van der Waals surface area contributed by atoms with Crippen molar-refractivity contribution >= 4 is 6.47 Å². The number of hydrogen-bond donors (Lipinski definition) is 0. The van der Waals surface area contributed by atoms with Gasteiger partial charge in [-0.15, -0.1) is 6.58 Å². The first kappa shape index (κ1) is 15.0. The van der Waals surface area contributed by atoms with E-state index in [4.69, 9.17) is 0 Å². The Morgan fingerprint density at radius 3 is 2.38 bits per heavy atom. The summed E-state index contributed by atoms with van der Waals surface area (Å²) in [6.45, 7) is 7.03. The normalized spacial score (nSPS) is 15.2. The molecule has 0 heterocycles. The molecule has 93 valence electrons. The zero-order valence-corrected chi connectivity index (χ0v) is 9.00. The highest BCUT2D eigenvalue weighted by Gasteiger charge is 2.37. The van der Waals surface area contributed by atoms with Gasteiger partial charge in [0.25, 0.3) is 6.47 Å². The zero-order valence-electron chi connectivity index (χ0n) is 9.00. The van der Waals surface area contributed by atoms with E-state index in [1.54, 1.807) is 0 Å². The van der Waals surface area contributed by atoms with Gasteiger partial charge >= 0.3 is 6.18 Å². The number of allylic oxidation sites excluding steroid dienone is 1. The van der Waals surface area contributed by atoms with Gasteiger partial charge in [0, 0.05) is 0 Å². The highest BCUT2D eigenvalue weighted by atomic mass is 19.4. The Morgan fingerprint density at radius 1 is 1.31 bits per heavy atom. The topological polar surface area (TPSA) is 26.3 Å². The minimum Gasteiger partial charge on any atom is -0.465 e. The lowest BCUT2D eigenvalue weighted by atomic mass is 9.97. The van der Waals surface area contributed by atoms with Crippen LogP contribution in [0.15, 0.2) is 12.7 Å². The Kier molecular flexibility index (Phi) is 6.85. The van der Waals surface area contributed by atoms with E-state index in [1.807, 2.05) is 0 Å². The zero-order chi connectivity index (χ0) is 12.6. The Labute approximate surface area is 93.5 Å². The molecule has 0 N–H and O–H groups in total. The Bertz CT molecular complexity index is 214. The van der Waals surface area contributed by atoms with Crippen LogP contribution in [0.25, 0.3) is 0 Å². The third-order valence-electron chi connectivity index (χ3n) is 2.24. The first-order valence-corrected chi connectivity index (χ1v) is 5.01. The molecule has 1 radical (unpaired) electrons. The second kappa shape index (κ2) is 7.30. The lowest BCUT2D eigenvalue weighted by molar-refractivity contribution is -0.176. The van der Waals surface area contributed by atoms with E-state index in [1.165, 1.54) is 6.08 Å². The predicted octanol–water partition coefficient (Wildman–Crippen LogP) is 3.29. The Morgan fingerprint density at radius 2 is 1.94 bits per heavy atom. The fourth-order valence-electron chi connectivity index (χ4n) is 1.35. The van der Waals surface area contributed by atoms with Crippen LogP contribution in [-0.4, -0.2) is 18.8 Å². The van der Waals surface area contributed by atoms with Crippen LogP contribution in [0.5, 0.6) is 0 Å². The summed E-state index contributed by atoms with van der Waals surface area (Å²) in [4.78, 5) is 9.92. The molecule has 0 rings (SSSR count). The second-order valence-corrected chi connectivity index (χ2v) is 3.55. The van der Waals surface area contributed by atoms with Crippen molar-refractivity contribution in [1.29, 1.82) is 0 Å². The maximum absolute atomic E-state index is 12.4. The molecule has 0 aliphatic carbocycles. The molecule has 0 aromatic rings. The van der Waals surface area contributed by atoms with Crippen LogP contribution in [0.3, 0.4) is 0 Å². The van der Waals surface area contributed by atoms with Crippen molar-refractivity contribution < 1.29 is 22.7 Å². The molecule has 0 spiro atoms. The molecule has 0 bridgehead atoms. The van der Waals surface area contributed by atoms with Gasteiger partial charge in [0.2, 0.25) is 0 Å². The minimum absolute atomic E-state index is 0.00373. The fourth-order valence-corrected chi connectivity index (χ4v) is 1.35. The summed E-state index contributed by atoms with van der Waals surface area (Å²) in [6, 6.07) is 0. The van der Waals surface area contributed by atoms with E-state index in [2.05, 4.69) is 18.2 Å². The number of halogens is 3. The van der Waals surface area contributed by atoms with Crippen LogP contribution in [-0.2, 0) is 9.53 Å². The predicted molar refractivity (Wildman–Crippen MR) is 54.5 cm³/mol. The van der Waals surface area contributed by atoms with Gasteiger partial charge in [-0.25, -0.2) is 0 Å². The number of carbonyl (C=O) groups excluding carboxylic acids is 1. The van der Waals surface area contributed by atoms with Gasteiger partial charge in [-0.2, -0.15) is 13.2 Å². The molecule has 2 nitrogen and oxygen atoms in total. The van der Waals surface area contributed by atoms with Crippen LogP contribution in [0.1, 0.15) is 25.7 Å². The lowest BCUT2D eigenvalue weighted by Crippen LogP contribution is -2.22.